The van der Waals surface area contributed by atoms with E-state index < -0.39 is 32.5 Å². The van der Waals surface area contributed by atoms with Crippen LogP contribution in [-0.2, 0) is 10.8 Å². The van der Waals surface area contributed by atoms with Crippen LogP contribution in [0.25, 0.3) is 43.5 Å². The molecule has 0 fully saturated rings. The highest BCUT2D eigenvalue weighted by molar-refractivity contribution is 7.68. The second-order valence-electron chi connectivity index (χ2n) is 23.3. The first-order chi connectivity index (χ1) is 38.7. The fraction of sp³-hybridized carbons (Fsp3) is 0.139. The van der Waals surface area contributed by atoms with Crippen LogP contribution in [0.4, 0.5) is 0 Å². The molecule has 0 aliphatic heterocycles. The van der Waals surface area contributed by atoms with E-state index in [0.717, 1.165) is 81.3 Å². The molecule has 4 nitrogen and oxygen atoms in total. The fourth-order valence-corrected chi connectivity index (χ4v) is 22.3. The van der Waals surface area contributed by atoms with Gasteiger partial charge in [0, 0.05) is 38.6 Å². The summed E-state index contributed by atoms with van der Waals surface area (Å²) >= 11 is 0. The highest BCUT2D eigenvalue weighted by atomic mass is 31.1. The molecule has 80 heavy (non-hydrogen) atoms. The Kier molecular flexibility index (Phi) is 14.2. The van der Waals surface area contributed by atoms with Crippen molar-refractivity contribution >= 4 is 118 Å². The molecule has 0 radical (unpaired) electrons. The molecule has 11 aromatic carbocycles. The first-order valence-corrected chi connectivity index (χ1v) is 35.0. The Hall–Kier alpha value is -7.70. The average Bonchev–Trinajstić information content (AvgIpc) is 3.75. The Morgan fingerprint density at radius 1 is 0.375 bits per heavy atom. The predicted molar refractivity (Wildman–Crippen MR) is 348 cm³/mol. The van der Waals surface area contributed by atoms with Crippen molar-refractivity contribution in [3.8, 4) is 11.5 Å². The van der Waals surface area contributed by atoms with Crippen molar-refractivity contribution in [1.29, 1.82) is 0 Å². The fourth-order valence-electron chi connectivity index (χ4n) is 11.8. The molecule has 12 aromatic rings. The first kappa shape index (κ1) is 53.0. The summed E-state index contributed by atoms with van der Waals surface area (Å²) in [6.07, 6.45) is 0. The van der Waals surface area contributed by atoms with Gasteiger partial charge in [0.1, 0.15) is 38.8 Å². The quantitative estimate of drug-likeness (QED) is 0.0695. The lowest BCUT2D eigenvalue weighted by Gasteiger charge is -2.31. The van der Waals surface area contributed by atoms with Gasteiger partial charge in [0.15, 0.2) is 8.15 Å². The number of hydrogen-bond donors (Lipinski definition) is 0. The molecule has 0 aliphatic carbocycles. The van der Waals surface area contributed by atoms with Gasteiger partial charge in [0.2, 0.25) is 0 Å². The van der Waals surface area contributed by atoms with E-state index in [1.807, 2.05) is 0 Å². The summed E-state index contributed by atoms with van der Waals surface area (Å²) in [4.78, 5) is 0. The Labute approximate surface area is 475 Å². The molecule has 0 N–H and O–H groups in total. The second kappa shape index (κ2) is 21.4. The minimum atomic E-state index is -2.96. The normalized spacial score (nSPS) is 12.4. The van der Waals surface area contributed by atoms with Crippen LogP contribution in [0.15, 0.2) is 263 Å². The molecule has 1 heterocycles. The smallest absolute Gasteiger partial charge is 0.453 e. The van der Waals surface area contributed by atoms with Gasteiger partial charge in [-0.15, -0.1) is 0 Å². The minimum Gasteiger partial charge on any atom is -0.464 e. The van der Waals surface area contributed by atoms with Crippen molar-refractivity contribution < 1.29 is 17.4 Å². The van der Waals surface area contributed by atoms with Crippen LogP contribution in [0, 0.1) is 0 Å². The lowest BCUT2D eigenvalue weighted by atomic mass is 9.80. The van der Waals surface area contributed by atoms with Crippen LogP contribution in [0.5, 0.6) is 11.5 Å². The molecule has 1 aromatic heterocycles. The number of hydrogen-bond acceptors (Lipinski definition) is 4. The van der Waals surface area contributed by atoms with Crippen molar-refractivity contribution in [1.82, 2.24) is 0 Å². The summed E-state index contributed by atoms with van der Waals surface area (Å²) in [5.41, 5.74) is 3.06. The molecule has 0 unspecified atom stereocenters. The average molecular weight is 1110 g/mol. The van der Waals surface area contributed by atoms with Gasteiger partial charge in [-0.25, -0.2) is 0 Å². The molecular weight excluding hydrogens is 1050 g/mol. The summed E-state index contributed by atoms with van der Waals surface area (Å²) < 4.78 is 31.2. The van der Waals surface area contributed by atoms with Gasteiger partial charge in [-0.3, -0.25) is 0 Å². The Morgan fingerprint density at radius 3 is 1.06 bits per heavy atom. The van der Waals surface area contributed by atoms with Crippen molar-refractivity contribution in [3.05, 3.63) is 266 Å². The van der Waals surface area contributed by atoms with Gasteiger partial charge in [0.05, 0.1) is 0 Å². The summed E-state index contributed by atoms with van der Waals surface area (Å²) in [5.74, 6) is 1.43. The number of fused-ring (bicyclic) bond motifs is 7. The minimum absolute atomic E-state index is 0.291. The predicted octanol–water partition coefficient (Wildman–Crippen LogP) is 15.7. The Bertz CT molecular complexity index is 3910. The van der Waals surface area contributed by atoms with Crippen LogP contribution in [-0.4, -0.2) is 16.1 Å². The van der Waals surface area contributed by atoms with Gasteiger partial charge in [-0.05, 0) is 69.6 Å². The maximum atomic E-state index is 7.96. The van der Waals surface area contributed by atoms with Crippen LogP contribution < -0.4 is 50.8 Å². The number of rotatable bonds is 12. The SMILES string of the molecule is CC(C)(C)c1cc(C(C)(C)C)c(Op2oc3c([Si](C)(c4ccccc4)c4ccccc4)cc4ccccc4c3c3c(o2)c([Si](C)(c2ccccc2)c2ccccc2)cc2ccccc23)cc1OP(c1ccccc1)c1ccccc1. The maximum absolute atomic E-state index is 7.96. The van der Waals surface area contributed by atoms with Gasteiger partial charge in [-0.2, -0.15) is 0 Å². The lowest BCUT2D eigenvalue weighted by molar-refractivity contribution is 0.471. The van der Waals surface area contributed by atoms with Crippen molar-refractivity contribution in [2.24, 2.45) is 0 Å². The third-order valence-electron chi connectivity index (χ3n) is 16.1. The van der Waals surface area contributed by atoms with E-state index in [1.165, 1.54) is 20.7 Å². The monoisotopic (exact) mass is 1110 g/mol. The van der Waals surface area contributed by atoms with Crippen LogP contribution in [0.2, 0.25) is 13.1 Å². The maximum Gasteiger partial charge on any atom is 0.453 e. The molecule has 0 spiro atoms. The highest BCUT2D eigenvalue weighted by Gasteiger charge is 2.41. The molecule has 396 valence electrons. The van der Waals surface area contributed by atoms with Crippen LogP contribution in [0.1, 0.15) is 52.7 Å². The summed E-state index contributed by atoms with van der Waals surface area (Å²) in [6, 6.07) is 92.5. The highest BCUT2D eigenvalue weighted by Crippen LogP contribution is 2.50. The van der Waals surface area contributed by atoms with Gasteiger partial charge in [-0.1, -0.05) is 297 Å². The van der Waals surface area contributed by atoms with E-state index >= 15 is 0 Å². The van der Waals surface area contributed by atoms with Crippen LogP contribution >= 0.6 is 16.4 Å². The molecule has 0 amide bonds. The Balaban J connectivity index is 1.26. The van der Waals surface area contributed by atoms with E-state index in [9.17, 15) is 0 Å². The second-order valence-corrected chi connectivity index (χ2v) is 34.0. The molecule has 0 saturated heterocycles. The van der Waals surface area contributed by atoms with E-state index in [0.29, 0.717) is 5.75 Å². The van der Waals surface area contributed by atoms with E-state index in [-0.39, 0.29) is 10.8 Å². The molecular formula is C72H66O4P2Si2. The van der Waals surface area contributed by atoms with E-state index in [4.69, 9.17) is 17.4 Å². The lowest BCUT2D eigenvalue weighted by Crippen LogP contribution is -2.65. The molecule has 12 rings (SSSR count). The first-order valence-electron chi connectivity index (χ1n) is 27.7. The molecule has 0 atom stereocenters. The van der Waals surface area contributed by atoms with Crippen LogP contribution in [0.3, 0.4) is 0 Å². The van der Waals surface area contributed by atoms with Crippen molar-refractivity contribution in [2.75, 3.05) is 0 Å². The molecule has 0 bridgehead atoms. The molecule has 0 saturated carbocycles. The zero-order chi connectivity index (χ0) is 55.2. The third kappa shape index (κ3) is 9.73. The van der Waals surface area contributed by atoms with Gasteiger partial charge >= 0.3 is 8.24 Å². The van der Waals surface area contributed by atoms with Gasteiger partial charge in [0.25, 0.3) is 0 Å². The number of benzene rings is 11. The zero-order valence-electron chi connectivity index (χ0n) is 46.8. The topological polar surface area (TPSA) is 44.7 Å². The van der Waals surface area contributed by atoms with E-state index in [1.54, 1.807) is 0 Å². The summed E-state index contributed by atoms with van der Waals surface area (Å²) in [6.45, 7) is 18.5. The summed E-state index contributed by atoms with van der Waals surface area (Å²) in [5, 5.41) is 16.1. The van der Waals surface area contributed by atoms with Crippen molar-refractivity contribution in [2.45, 2.75) is 65.5 Å². The molecule has 8 heteroatoms. The largest absolute Gasteiger partial charge is 0.464 e. The zero-order valence-corrected chi connectivity index (χ0v) is 50.6. The van der Waals surface area contributed by atoms with Crippen molar-refractivity contribution in [3.63, 3.8) is 0 Å². The van der Waals surface area contributed by atoms with Gasteiger partial charge < -0.3 is 17.4 Å². The molecule has 0 aliphatic rings. The standard InChI is InChI=1S/C72H66O4P2Si2/c1-71(2,3)61-49-62(72(4,5)6)64(50-63(61)73-77(53-33-15-9-16-34-53)54-35-17-10-18-36-54)74-78-75-69-65(79(7,55-37-19-11-20-38-55)56-39-21-12-22-40-56)47-51-31-27-29-45-59(51)67(69)68-60-46-30-28-32-52(60)48-66(70(68)76-78)80(8,57-41-23-13-24-42-57)58-43-25-14-26-44-58/h9-50H,1-8H3. The third-order valence-corrected chi connectivity index (χ3v) is 27.9. The summed E-state index contributed by atoms with van der Waals surface area (Å²) in [7, 11) is -9.50. The Morgan fingerprint density at radius 2 is 0.700 bits per heavy atom. The van der Waals surface area contributed by atoms with E-state index in [2.05, 4.69) is 309 Å².